The Morgan fingerprint density at radius 3 is 2.50 bits per heavy atom. The molecule has 1 saturated heterocycles. The number of sulfonamides is 1. The van der Waals surface area contributed by atoms with Crippen molar-refractivity contribution in [1.82, 2.24) is 9.73 Å². The van der Waals surface area contributed by atoms with Crippen molar-refractivity contribution in [1.29, 1.82) is 0 Å². The first-order chi connectivity index (χ1) is 14.4. The smallest absolute Gasteiger partial charge is 0.289 e. The van der Waals surface area contributed by atoms with Crippen LogP contribution in [0.25, 0.3) is 0 Å². The van der Waals surface area contributed by atoms with E-state index < -0.39 is 15.8 Å². The molecule has 1 aliphatic heterocycles. The van der Waals surface area contributed by atoms with Crippen molar-refractivity contribution in [2.45, 2.75) is 50.3 Å². The first-order valence-corrected chi connectivity index (χ1v) is 11.6. The molecule has 0 radical (unpaired) electrons. The summed E-state index contributed by atoms with van der Waals surface area (Å²) in [7, 11) is -3.93. The van der Waals surface area contributed by atoms with E-state index in [1.165, 1.54) is 12.1 Å². The number of hydrogen-bond acceptors (Lipinski definition) is 5. The average molecular weight is 434 g/mol. The van der Waals surface area contributed by atoms with Crippen molar-refractivity contribution in [2.75, 3.05) is 13.1 Å². The molecule has 2 aliphatic rings. The summed E-state index contributed by atoms with van der Waals surface area (Å²) in [6, 6.07) is 4.53. The lowest BCUT2D eigenvalue weighted by Gasteiger charge is -2.25. The molecule has 0 unspecified atom stereocenters. The zero-order chi connectivity index (χ0) is 21.3. The fourth-order valence-electron chi connectivity index (χ4n) is 4.01. The lowest BCUT2D eigenvalue weighted by atomic mass is 9.93. The number of hydrogen-bond donors (Lipinski definition) is 1. The second kappa shape index (κ2) is 8.22. The summed E-state index contributed by atoms with van der Waals surface area (Å²) in [4.78, 5) is 16.9. The van der Waals surface area contributed by atoms with Crippen molar-refractivity contribution in [3.05, 3.63) is 52.7 Å². The molecule has 30 heavy (non-hydrogen) atoms. The van der Waals surface area contributed by atoms with Gasteiger partial charge in [0.1, 0.15) is 11.6 Å². The highest BCUT2D eigenvalue weighted by Gasteiger charge is 2.30. The molecule has 0 saturated carbocycles. The molecular weight excluding hydrogens is 409 g/mol. The standard InChI is InChI=1S/C21H24FN3O4S/c1-14-19-17(23-24-30(27,28)16-10-8-15(22)9-11-16)6-5-7-18(19)29-20(14)21(26)25-12-3-2-4-13-25/h8-11,24H,2-7,12-13H2,1H3/b23-17+. The Balaban J connectivity index is 1.61. The maximum atomic E-state index is 13.1. The van der Waals surface area contributed by atoms with Gasteiger partial charge in [-0.15, -0.1) is 0 Å². The molecule has 0 bridgehead atoms. The molecule has 4 rings (SSSR count). The summed E-state index contributed by atoms with van der Waals surface area (Å²) < 4.78 is 44.0. The molecule has 1 amide bonds. The van der Waals surface area contributed by atoms with Gasteiger partial charge in [0.05, 0.1) is 10.6 Å². The van der Waals surface area contributed by atoms with E-state index in [0.29, 0.717) is 41.2 Å². The summed E-state index contributed by atoms with van der Waals surface area (Å²) in [6.07, 6.45) is 5.09. The topological polar surface area (TPSA) is 92.0 Å². The van der Waals surface area contributed by atoms with Crippen LogP contribution in [0.5, 0.6) is 0 Å². The minimum absolute atomic E-state index is 0.0748. The number of furan rings is 1. The first-order valence-electron chi connectivity index (χ1n) is 10.1. The van der Waals surface area contributed by atoms with E-state index in [0.717, 1.165) is 50.9 Å². The van der Waals surface area contributed by atoms with Gasteiger partial charge in [-0.25, -0.2) is 4.39 Å². The first kappa shape index (κ1) is 20.6. The van der Waals surface area contributed by atoms with Gasteiger partial charge in [0.15, 0.2) is 5.76 Å². The van der Waals surface area contributed by atoms with Crippen LogP contribution in [-0.2, 0) is 16.4 Å². The van der Waals surface area contributed by atoms with Crippen LogP contribution >= 0.6 is 0 Å². The summed E-state index contributed by atoms with van der Waals surface area (Å²) in [5.74, 6) is 0.349. The molecule has 2 heterocycles. The molecule has 2 aromatic rings. The Hall–Kier alpha value is -2.68. The van der Waals surface area contributed by atoms with E-state index in [-0.39, 0.29) is 10.8 Å². The summed E-state index contributed by atoms with van der Waals surface area (Å²) in [5.41, 5.74) is 1.95. The van der Waals surface area contributed by atoms with Gasteiger partial charge < -0.3 is 9.32 Å². The molecule has 7 nitrogen and oxygen atoms in total. The fraction of sp³-hybridized carbons (Fsp3) is 0.429. The molecule has 1 N–H and O–H groups in total. The highest BCUT2D eigenvalue weighted by atomic mass is 32.2. The number of carbonyl (C=O) groups excluding carboxylic acids is 1. The molecule has 160 valence electrons. The van der Waals surface area contributed by atoms with E-state index in [4.69, 9.17) is 4.42 Å². The van der Waals surface area contributed by atoms with Crippen molar-refractivity contribution in [3.63, 3.8) is 0 Å². The van der Waals surface area contributed by atoms with E-state index >= 15 is 0 Å². The Morgan fingerprint density at radius 1 is 1.10 bits per heavy atom. The number of carbonyl (C=O) groups is 1. The van der Waals surface area contributed by atoms with Crippen molar-refractivity contribution in [2.24, 2.45) is 5.10 Å². The number of fused-ring (bicyclic) bond motifs is 1. The molecule has 1 fully saturated rings. The van der Waals surface area contributed by atoms with E-state index in [9.17, 15) is 17.6 Å². The molecule has 0 spiro atoms. The van der Waals surface area contributed by atoms with E-state index in [1.54, 1.807) is 0 Å². The highest BCUT2D eigenvalue weighted by Crippen LogP contribution is 2.31. The number of halogens is 1. The Bertz CT molecular complexity index is 1080. The maximum Gasteiger partial charge on any atom is 0.289 e. The molecular formula is C21H24FN3O4S. The zero-order valence-electron chi connectivity index (χ0n) is 16.8. The molecule has 1 aromatic heterocycles. The number of piperidine rings is 1. The van der Waals surface area contributed by atoms with Crippen molar-refractivity contribution in [3.8, 4) is 0 Å². The van der Waals surface area contributed by atoms with E-state index in [1.807, 2.05) is 11.8 Å². The summed E-state index contributed by atoms with van der Waals surface area (Å²) >= 11 is 0. The van der Waals surface area contributed by atoms with Gasteiger partial charge in [-0.05, 0) is 63.3 Å². The highest BCUT2D eigenvalue weighted by molar-refractivity contribution is 7.89. The Labute approximate surface area is 175 Å². The van der Waals surface area contributed by atoms with Crippen molar-refractivity contribution >= 4 is 21.6 Å². The number of amides is 1. The maximum absolute atomic E-state index is 13.1. The fourth-order valence-corrected chi connectivity index (χ4v) is 4.84. The van der Waals surface area contributed by atoms with Crippen LogP contribution in [0.2, 0.25) is 0 Å². The number of likely N-dealkylation sites (tertiary alicyclic amines) is 1. The largest absolute Gasteiger partial charge is 0.455 e. The predicted octanol–water partition coefficient (Wildman–Crippen LogP) is 3.37. The number of nitrogens with one attached hydrogen (secondary N) is 1. The lowest BCUT2D eigenvalue weighted by molar-refractivity contribution is 0.0689. The molecule has 1 aromatic carbocycles. The van der Waals surface area contributed by atoms with Crippen LogP contribution in [0.15, 0.2) is 38.7 Å². The van der Waals surface area contributed by atoms with Crippen LogP contribution < -0.4 is 4.83 Å². The second-order valence-corrected chi connectivity index (χ2v) is 9.33. The van der Waals surface area contributed by atoms with Gasteiger partial charge >= 0.3 is 0 Å². The van der Waals surface area contributed by atoms with Crippen LogP contribution in [0.4, 0.5) is 4.39 Å². The quantitative estimate of drug-likeness (QED) is 0.749. The summed E-state index contributed by atoms with van der Waals surface area (Å²) in [5, 5.41) is 4.14. The average Bonchev–Trinajstić information content (AvgIpc) is 3.10. The SMILES string of the molecule is Cc1c(C(=O)N2CCCCC2)oc2c1/C(=N/NS(=O)(=O)c1ccc(F)cc1)CCC2. The molecule has 0 atom stereocenters. The van der Waals surface area contributed by atoms with Gasteiger partial charge in [-0.2, -0.15) is 18.4 Å². The third-order valence-corrected chi connectivity index (χ3v) is 6.81. The van der Waals surface area contributed by atoms with Crippen LogP contribution in [0.1, 0.15) is 59.5 Å². The van der Waals surface area contributed by atoms with E-state index in [2.05, 4.69) is 9.93 Å². The normalized spacial score (nSPS) is 18.3. The third kappa shape index (κ3) is 3.98. The lowest BCUT2D eigenvalue weighted by Crippen LogP contribution is -2.35. The Kier molecular flexibility index (Phi) is 5.64. The second-order valence-electron chi connectivity index (χ2n) is 7.67. The predicted molar refractivity (Wildman–Crippen MR) is 109 cm³/mol. The van der Waals surface area contributed by atoms with Gasteiger partial charge in [0, 0.05) is 30.6 Å². The summed E-state index contributed by atoms with van der Waals surface area (Å²) in [6.45, 7) is 3.26. The number of aryl methyl sites for hydroxylation is 1. The van der Waals surface area contributed by atoms with Gasteiger partial charge in [0.2, 0.25) is 0 Å². The molecule has 9 heteroatoms. The minimum atomic E-state index is -3.93. The van der Waals surface area contributed by atoms with Gasteiger partial charge in [0.25, 0.3) is 15.9 Å². The number of nitrogens with zero attached hydrogens (tertiary/aromatic N) is 2. The number of hydrazone groups is 1. The van der Waals surface area contributed by atoms with Crippen molar-refractivity contribution < 1.29 is 22.0 Å². The van der Waals surface area contributed by atoms with Crippen LogP contribution in [0.3, 0.4) is 0 Å². The van der Waals surface area contributed by atoms with Gasteiger partial charge in [-0.3, -0.25) is 4.79 Å². The monoisotopic (exact) mass is 433 g/mol. The molecule has 1 aliphatic carbocycles. The zero-order valence-corrected chi connectivity index (χ0v) is 17.6. The van der Waals surface area contributed by atoms with Crippen LogP contribution in [-0.4, -0.2) is 38.0 Å². The minimum Gasteiger partial charge on any atom is -0.455 e. The van der Waals surface area contributed by atoms with Gasteiger partial charge in [-0.1, -0.05) is 0 Å². The number of benzene rings is 1. The third-order valence-electron chi connectivity index (χ3n) is 5.59. The van der Waals surface area contributed by atoms with Crippen LogP contribution in [0, 0.1) is 12.7 Å². The number of rotatable bonds is 4. The Morgan fingerprint density at radius 2 is 1.80 bits per heavy atom.